The van der Waals surface area contributed by atoms with E-state index in [9.17, 15) is 14.4 Å². The lowest BCUT2D eigenvalue weighted by Gasteiger charge is -2.27. The molecule has 0 spiro atoms. The van der Waals surface area contributed by atoms with Crippen molar-refractivity contribution in [3.05, 3.63) is 56.8 Å². The van der Waals surface area contributed by atoms with Crippen molar-refractivity contribution in [1.82, 2.24) is 20.9 Å². The summed E-state index contributed by atoms with van der Waals surface area (Å²) in [5.74, 6) is -0.441. The number of hydrazine groups is 2. The first-order valence-corrected chi connectivity index (χ1v) is 12.9. The molecule has 4 aliphatic rings. The zero-order valence-electron chi connectivity index (χ0n) is 19.9. The first-order valence-electron chi connectivity index (χ1n) is 12.1. The van der Waals surface area contributed by atoms with Gasteiger partial charge in [0.25, 0.3) is 5.91 Å². The normalized spacial score (nSPS) is 21.6. The van der Waals surface area contributed by atoms with Crippen LogP contribution in [0, 0.1) is 0 Å². The van der Waals surface area contributed by atoms with Gasteiger partial charge in [0.05, 0.1) is 53.0 Å². The second-order valence-electron chi connectivity index (χ2n) is 8.85. The van der Waals surface area contributed by atoms with Crippen LogP contribution in [0.15, 0.2) is 46.1 Å². The number of ether oxygens (including phenoxy) is 2. The topological polar surface area (TPSA) is 137 Å². The molecule has 37 heavy (non-hydrogen) atoms. The minimum atomic E-state index is -0.533. The van der Waals surface area contributed by atoms with Crippen LogP contribution in [0.3, 0.4) is 0 Å². The summed E-state index contributed by atoms with van der Waals surface area (Å²) in [5, 5.41) is 15.1. The minimum absolute atomic E-state index is 0.214. The maximum Gasteiger partial charge on any atom is 0.333 e. The summed E-state index contributed by atoms with van der Waals surface area (Å²) in [5.41, 5.74) is 8.14. The Hall–Kier alpha value is -3.49. The van der Waals surface area contributed by atoms with Gasteiger partial charge >= 0.3 is 6.03 Å². The molecule has 1 aromatic carbocycles. The Morgan fingerprint density at radius 1 is 0.946 bits per heavy atom. The van der Waals surface area contributed by atoms with Crippen molar-refractivity contribution in [3.8, 4) is 0 Å². The van der Waals surface area contributed by atoms with E-state index in [2.05, 4.69) is 26.4 Å². The number of carbonyl (C=O) groups is 3. The lowest BCUT2D eigenvalue weighted by molar-refractivity contribution is 0.0127. The average Bonchev–Trinajstić information content (AvgIpc) is 3.62. The highest BCUT2D eigenvalue weighted by Gasteiger charge is 2.42. The third kappa shape index (κ3) is 4.67. The Morgan fingerprint density at radius 3 is 2.38 bits per heavy atom. The van der Waals surface area contributed by atoms with E-state index in [-0.39, 0.29) is 11.7 Å². The Labute approximate surface area is 216 Å². The third-order valence-corrected chi connectivity index (χ3v) is 7.61. The highest BCUT2D eigenvalue weighted by molar-refractivity contribution is 7.15. The summed E-state index contributed by atoms with van der Waals surface area (Å²) in [7, 11) is 0. The Balaban J connectivity index is 1.21. The number of nitrogens with zero attached hydrogens (tertiary/aromatic N) is 4. The molecule has 3 aliphatic heterocycles. The fourth-order valence-corrected chi connectivity index (χ4v) is 5.60. The molecule has 2 aromatic rings. The molecule has 13 heteroatoms. The molecule has 0 bridgehead atoms. The number of rotatable bonds is 5. The number of benzene rings is 1. The second kappa shape index (κ2) is 10.1. The van der Waals surface area contributed by atoms with Crippen molar-refractivity contribution in [1.29, 1.82) is 0 Å². The molecule has 1 atom stereocenters. The summed E-state index contributed by atoms with van der Waals surface area (Å²) in [6.45, 7) is 4.66. The number of morpholine rings is 2. The summed E-state index contributed by atoms with van der Waals surface area (Å²) in [4.78, 5) is 40.1. The van der Waals surface area contributed by atoms with Crippen LogP contribution in [-0.2, 0) is 9.47 Å². The predicted octanol–water partition coefficient (Wildman–Crippen LogP) is 2.21. The molecule has 4 heterocycles. The summed E-state index contributed by atoms with van der Waals surface area (Å²) in [6.07, 6.45) is 0. The van der Waals surface area contributed by atoms with Crippen LogP contribution in [-0.4, -0.2) is 80.3 Å². The number of carbonyl (C=O) groups excluding carboxylic acids is 3. The van der Waals surface area contributed by atoms with Crippen molar-refractivity contribution in [3.63, 3.8) is 0 Å². The molecular formula is C24H25N7O5S. The standard InChI is InChI=1S/C24H25N7O5S/c32-22-18-14(2-1-3-15(18)25-24(34)29-31-8-12-36-13-9-31)20-19(22)21(27-26-20)16-4-5-17(37-16)23(33)28-30-6-10-35-11-7-30/h1-5,20H,6-13H2,(H,28,33)(H2,25,29,34). The van der Waals surface area contributed by atoms with Crippen LogP contribution in [0.4, 0.5) is 10.5 Å². The number of amides is 3. The minimum Gasteiger partial charge on any atom is -0.379 e. The zero-order chi connectivity index (χ0) is 25.4. The number of Topliss-reactive ketones (excluding diaryl/α,β-unsaturated/α-hetero) is 1. The van der Waals surface area contributed by atoms with E-state index in [0.29, 0.717) is 90.4 Å². The largest absolute Gasteiger partial charge is 0.379 e. The number of ketones is 1. The Morgan fingerprint density at radius 2 is 1.65 bits per heavy atom. The molecule has 1 aliphatic carbocycles. The number of hydrogen-bond donors (Lipinski definition) is 3. The van der Waals surface area contributed by atoms with Crippen molar-refractivity contribution in [2.75, 3.05) is 57.9 Å². The van der Waals surface area contributed by atoms with Crippen LogP contribution in [0.5, 0.6) is 0 Å². The lowest BCUT2D eigenvalue weighted by Crippen LogP contribution is -2.49. The van der Waals surface area contributed by atoms with Gasteiger partial charge in [-0.1, -0.05) is 12.1 Å². The molecular weight excluding hydrogens is 498 g/mol. The number of hydrogen-bond acceptors (Lipinski definition) is 10. The van der Waals surface area contributed by atoms with Gasteiger partial charge in [-0.05, 0) is 23.8 Å². The van der Waals surface area contributed by atoms with Gasteiger partial charge in [0.15, 0.2) is 5.78 Å². The molecule has 3 amide bonds. The van der Waals surface area contributed by atoms with E-state index in [0.717, 1.165) is 0 Å². The Kier molecular flexibility index (Phi) is 6.52. The van der Waals surface area contributed by atoms with Crippen LogP contribution in [0.1, 0.15) is 36.5 Å². The SMILES string of the molecule is O=C(Nc1cccc2c1C(=O)C1=C(c3ccc(C(=O)NN4CCOCC4)s3)N=NC12)NN1CCOCC1. The van der Waals surface area contributed by atoms with Gasteiger partial charge in [-0.15, -0.1) is 11.3 Å². The maximum atomic E-state index is 13.6. The monoisotopic (exact) mass is 523 g/mol. The molecule has 2 fully saturated rings. The van der Waals surface area contributed by atoms with Crippen LogP contribution in [0.2, 0.25) is 0 Å². The second-order valence-corrected chi connectivity index (χ2v) is 9.93. The van der Waals surface area contributed by atoms with E-state index in [4.69, 9.17) is 9.47 Å². The smallest absolute Gasteiger partial charge is 0.333 e. The molecule has 1 unspecified atom stereocenters. The van der Waals surface area contributed by atoms with E-state index < -0.39 is 12.1 Å². The van der Waals surface area contributed by atoms with E-state index in [1.165, 1.54) is 11.3 Å². The van der Waals surface area contributed by atoms with Gasteiger partial charge < -0.3 is 14.8 Å². The van der Waals surface area contributed by atoms with Gasteiger partial charge in [0.2, 0.25) is 0 Å². The zero-order valence-corrected chi connectivity index (χ0v) is 20.7. The predicted molar refractivity (Wildman–Crippen MR) is 134 cm³/mol. The number of fused-ring (bicyclic) bond motifs is 3. The fraction of sp³-hybridized carbons (Fsp3) is 0.375. The van der Waals surface area contributed by atoms with Crippen LogP contribution < -0.4 is 16.2 Å². The number of urea groups is 1. The fourth-order valence-electron chi connectivity index (χ4n) is 4.71. The molecule has 192 valence electrons. The summed E-state index contributed by atoms with van der Waals surface area (Å²) < 4.78 is 10.6. The van der Waals surface area contributed by atoms with Crippen LogP contribution in [0.25, 0.3) is 5.70 Å². The molecule has 0 radical (unpaired) electrons. The van der Waals surface area contributed by atoms with Crippen molar-refractivity contribution >= 4 is 40.4 Å². The third-order valence-electron chi connectivity index (χ3n) is 6.52. The maximum absolute atomic E-state index is 13.6. The summed E-state index contributed by atoms with van der Waals surface area (Å²) in [6, 6.07) is 7.86. The quantitative estimate of drug-likeness (QED) is 0.547. The molecule has 3 N–H and O–H groups in total. The molecule has 1 aromatic heterocycles. The lowest BCUT2D eigenvalue weighted by atomic mass is 10.1. The summed E-state index contributed by atoms with van der Waals surface area (Å²) >= 11 is 1.26. The number of thiophene rings is 1. The van der Waals surface area contributed by atoms with Gasteiger partial charge in [-0.25, -0.2) is 14.8 Å². The number of nitrogens with one attached hydrogen (secondary N) is 3. The number of azo groups is 1. The average molecular weight is 524 g/mol. The van der Waals surface area contributed by atoms with Crippen molar-refractivity contribution < 1.29 is 23.9 Å². The highest BCUT2D eigenvalue weighted by Crippen LogP contribution is 2.49. The van der Waals surface area contributed by atoms with Gasteiger partial charge in [-0.2, -0.15) is 10.2 Å². The van der Waals surface area contributed by atoms with Crippen LogP contribution >= 0.6 is 11.3 Å². The molecule has 6 rings (SSSR count). The highest BCUT2D eigenvalue weighted by atomic mass is 32.1. The van der Waals surface area contributed by atoms with Crippen molar-refractivity contribution in [2.45, 2.75) is 6.04 Å². The van der Waals surface area contributed by atoms with Crippen molar-refractivity contribution in [2.24, 2.45) is 10.2 Å². The van der Waals surface area contributed by atoms with Gasteiger partial charge in [0.1, 0.15) is 11.7 Å². The van der Waals surface area contributed by atoms with E-state index >= 15 is 0 Å². The van der Waals surface area contributed by atoms with Gasteiger partial charge in [-0.3, -0.25) is 20.4 Å². The molecule has 2 saturated heterocycles. The number of anilines is 1. The first kappa shape index (κ1) is 23.9. The van der Waals surface area contributed by atoms with E-state index in [1.807, 2.05) is 11.1 Å². The Bertz CT molecular complexity index is 1310. The molecule has 0 saturated carbocycles. The van der Waals surface area contributed by atoms with Gasteiger partial charge in [0, 0.05) is 26.2 Å². The first-order chi connectivity index (χ1) is 18.1. The molecule has 12 nitrogen and oxygen atoms in total. The van der Waals surface area contributed by atoms with E-state index in [1.54, 1.807) is 29.3 Å².